The number of carbonyl (C=O) groups excluding carboxylic acids is 1. The number of nitriles is 1. The van der Waals surface area contributed by atoms with Crippen LogP contribution in [0.1, 0.15) is 21.8 Å². The van der Waals surface area contributed by atoms with Gasteiger partial charge in [-0.1, -0.05) is 17.3 Å². The Balaban J connectivity index is 1.74. The summed E-state index contributed by atoms with van der Waals surface area (Å²) in [6.45, 7) is 2.51. The van der Waals surface area contributed by atoms with Crippen molar-refractivity contribution < 1.29 is 17.7 Å². The number of sulfonamides is 1. The number of aryl methyl sites for hydroxylation is 1. The molecule has 1 aliphatic heterocycles. The lowest BCUT2D eigenvalue weighted by Gasteiger charge is -2.33. The molecule has 2 heterocycles. The molecule has 0 spiro atoms. The summed E-state index contributed by atoms with van der Waals surface area (Å²) in [7, 11) is -3.78. The summed E-state index contributed by atoms with van der Waals surface area (Å²) >= 11 is 0. The van der Waals surface area contributed by atoms with Crippen molar-refractivity contribution in [2.75, 3.05) is 26.2 Å². The largest absolute Gasteiger partial charge is 0.361 e. The van der Waals surface area contributed by atoms with E-state index in [-0.39, 0.29) is 48.2 Å². The maximum Gasteiger partial charge on any atom is 0.276 e. The normalized spacial score (nSPS) is 15.8. The molecule has 0 saturated carbocycles. The second-order valence-corrected chi connectivity index (χ2v) is 7.53. The van der Waals surface area contributed by atoms with Crippen LogP contribution in [-0.2, 0) is 10.0 Å². The molecule has 1 saturated heterocycles. The third-order valence-electron chi connectivity index (χ3n) is 4.00. The second-order valence-electron chi connectivity index (χ2n) is 5.63. The molecule has 1 amide bonds. The van der Waals surface area contributed by atoms with Gasteiger partial charge in [0.05, 0.1) is 10.5 Å². The van der Waals surface area contributed by atoms with Crippen molar-refractivity contribution in [1.29, 1.82) is 5.26 Å². The van der Waals surface area contributed by atoms with Crippen molar-refractivity contribution in [3.63, 3.8) is 0 Å². The van der Waals surface area contributed by atoms with Gasteiger partial charge in [0.2, 0.25) is 10.0 Å². The summed E-state index contributed by atoms with van der Waals surface area (Å²) in [6.07, 6.45) is 0. The zero-order chi connectivity index (χ0) is 18.0. The fourth-order valence-electron chi connectivity index (χ4n) is 2.68. The number of hydrogen-bond donors (Lipinski definition) is 0. The lowest BCUT2D eigenvalue weighted by molar-refractivity contribution is 0.0687. The van der Waals surface area contributed by atoms with Crippen molar-refractivity contribution in [3.8, 4) is 6.07 Å². The molecule has 2 aromatic rings. The van der Waals surface area contributed by atoms with Gasteiger partial charge in [0, 0.05) is 32.2 Å². The second kappa shape index (κ2) is 6.66. The van der Waals surface area contributed by atoms with Gasteiger partial charge in [0.25, 0.3) is 5.91 Å². The van der Waals surface area contributed by atoms with E-state index in [9.17, 15) is 13.2 Å². The van der Waals surface area contributed by atoms with Crippen LogP contribution >= 0.6 is 0 Å². The first-order valence-corrected chi connectivity index (χ1v) is 9.09. The molecule has 1 aromatic carbocycles. The van der Waals surface area contributed by atoms with Crippen molar-refractivity contribution in [2.24, 2.45) is 0 Å². The van der Waals surface area contributed by atoms with Crippen LogP contribution in [0.4, 0.5) is 0 Å². The Morgan fingerprint density at radius 3 is 2.52 bits per heavy atom. The van der Waals surface area contributed by atoms with Gasteiger partial charge in [0.1, 0.15) is 11.8 Å². The van der Waals surface area contributed by atoms with E-state index in [4.69, 9.17) is 9.78 Å². The van der Waals surface area contributed by atoms with E-state index in [1.807, 2.05) is 6.07 Å². The minimum Gasteiger partial charge on any atom is -0.361 e. The molecule has 130 valence electrons. The van der Waals surface area contributed by atoms with Crippen molar-refractivity contribution >= 4 is 15.9 Å². The zero-order valence-corrected chi connectivity index (χ0v) is 14.4. The van der Waals surface area contributed by atoms with Gasteiger partial charge in [0.15, 0.2) is 5.69 Å². The van der Waals surface area contributed by atoms with Gasteiger partial charge >= 0.3 is 0 Å². The van der Waals surface area contributed by atoms with E-state index in [0.29, 0.717) is 5.76 Å². The minimum atomic E-state index is -3.78. The number of piperazine rings is 1. The number of rotatable bonds is 3. The van der Waals surface area contributed by atoms with Gasteiger partial charge in [-0.05, 0) is 19.1 Å². The summed E-state index contributed by atoms with van der Waals surface area (Å²) in [6, 6.07) is 9.55. The van der Waals surface area contributed by atoms with Crippen LogP contribution in [0.5, 0.6) is 0 Å². The smallest absolute Gasteiger partial charge is 0.276 e. The molecule has 1 fully saturated rings. The monoisotopic (exact) mass is 360 g/mol. The lowest BCUT2D eigenvalue weighted by atomic mass is 10.2. The van der Waals surface area contributed by atoms with Crippen LogP contribution in [0.2, 0.25) is 0 Å². The van der Waals surface area contributed by atoms with E-state index in [1.54, 1.807) is 30.0 Å². The molecular weight excluding hydrogens is 344 g/mol. The van der Waals surface area contributed by atoms with Crippen LogP contribution in [0.25, 0.3) is 0 Å². The molecule has 0 bridgehead atoms. The average Bonchev–Trinajstić information content (AvgIpc) is 3.07. The van der Waals surface area contributed by atoms with E-state index in [0.717, 1.165) is 0 Å². The molecule has 0 radical (unpaired) electrons. The molecule has 0 N–H and O–H groups in total. The number of hydrogen-bond acceptors (Lipinski definition) is 6. The van der Waals surface area contributed by atoms with Crippen molar-refractivity contribution in [3.05, 3.63) is 47.3 Å². The highest BCUT2D eigenvalue weighted by Gasteiger charge is 2.32. The van der Waals surface area contributed by atoms with E-state index < -0.39 is 10.0 Å². The number of amides is 1. The highest BCUT2D eigenvalue weighted by atomic mass is 32.2. The summed E-state index contributed by atoms with van der Waals surface area (Å²) in [5.41, 5.74) is 0.322. The SMILES string of the molecule is Cc1cc(C(=O)N2CCN(S(=O)(=O)c3ccccc3C#N)CC2)no1. The Morgan fingerprint density at radius 2 is 1.92 bits per heavy atom. The zero-order valence-electron chi connectivity index (χ0n) is 13.5. The summed E-state index contributed by atoms with van der Waals surface area (Å²) in [4.78, 5) is 13.9. The summed E-state index contributed by atoms with van der Waals surface area (Å²) < 4.78 is 31.7. The molecule has 0 aliphatic carbocycles. The van der Waals surface area contributed by atoms with Gasteiger partial charge in [-0.2, -0.15) is 9.57 Å². The Labute approximate surface area is 145 Å². The summed E-state index contributed by atoms with van der Waals surface area (Å²) in [5, 5.41) is 12.8. The Bertz CT molecular complexity index is 937. The number of aromatic nitrogens is 1. The van der Waals surface area contributed by atoms with Gasteiger partial charge in [-0.25, -0.2) is 8.42 Å². The fourth-order valence-corrected chi connectivity index (χ4v) is 4.25. The van der Waals surface area contributed by atoms with Gasteiger partial charge in [-0.3, -0.25) is 4.79 Å². The first-order valence-electron chi connectivity index (χ1n) is 7.65. The van der Waals surface area contributed by atoms with Crippen molar-refractivity contribution in [1.82, 2.24) is 14.4 Å². The standard InChI is InChI=1S/C16H16N4O4S/c1-12-10-14(18-24-12)16(21)19-6-8-20(9-7-19)25(22,23)15-5-3-2-4-13(15)11-17/h2-5,10H,6-9H2,1H3. The van der Waals surface area contributed by atoms with Crippen LogP contribution in [0, 0.1) is 18.3 Å². The molecule has 8 nitrogen and oxygen atoms in total. The average molecular weight is 360 g/mol. The number of benzene rings is 1. The Morgan fingerprint density at radius 1 is 1.24 bits per heavy atom. The summed E-state index contributed by atoms with van der Waals surface area (Å²) in [5.74, 6) is 0.254. The molecule has 1 aromatic heterocycles. The van der Waals surface area contributed by atoms with E-state index in [2.05, 4.69) is 5.16 Å². The molecule has 0 atom stereocenters. The van der Waals surface area contributed by atoms with E-state index >= 15 is 0 Å². The third-order valence-corrected chi connectivity index (χ3v) is 5.96. The maximum absolute atomic E-state index is 12.8. The third kappa shape index (κ3) is 3.26. The highest BCUT2D eigenvalue weighted by molar-refractivity contribution is 7.89. The molecule has 1 aliphatic rings. The molecule has 9 heteroatoms. The number of nitrogens with zero attached hydrogens (tertiary/aromatic N) is 4. The fraction of sp³-hybridized carbons (Fsp3) is 0.312. The van der Waals surface area contributed by atoms with Crippen molar-refractivity contribution in [2.45, 2.75) is 11.8 Å². The highest BCUT2D eigenvalue weighted by Crippen LogP contribution is 2.21. The quantitative estimate of drug-likeness (QED) is 0.808. The first kappa shape index (κ1) is 17.1. The maximum atomic E-state index is 12.8. The van der Waals surface area contributed by atoms with Crippen LogP contribution in [-0.4, -0.2) is 54.9 Å². The lowest BCUT2D eigenvalue weighted by Crippen LogP contribution is -2.50. The molecular formula is C16H16N4O4S. The predicted octanol–water partition coefficient (Wildman–Crippen LogP) is 1.00. The Kier molecular flexibility index (Phi) is 4.57. The molecule has 3 rings (SSSR count). The Hall–Kier alpha value is -2.70. The van der Waals surface area contributed by atoms with Crippen LogP contribution in [0.3, 0.4) is 0 Å². The first-order chi connectivity index (χ1) is 11.9. The van der Waals surface area contributed by atoms with E-state index in [1.165, 1.54) is 16.4 Å². The van der Waals surface area contributed by atoms with Crippen LogP contribution in [0.15, 0.2) is 39.8 Å². The minimum absolute atomic E-state index is 0.00981. The van der Waals surface area contributed by atoms with Gasteiger partial charge in [-0.15, -0.1) is 0 Å². The molecule has 25 heavy (non-hydrogen) atoms. The topological polar surface area (TPSA) is 108 Å². The van der Waals surface area contributed by atoms with Gasteiger partial charge < -0.3 is 9.42 Å². The number of carbonyl (C=O) groups is 1. The molecule has 0 unspecified atom stereocenters. The predicted molar refractivity (Wildman–Crippen MR) is 87.1 cm³/mol. The van der Waals surface area contributed by atoms with Crippen LogP contribution < -0.4 is 0 Å².